The topological polar surface area (TPSA) is 61.2 Å². The summed E-state index contributed by atoms with van der Waals surface area (Å²) in [5.41, 5.74) is 1.63. The number of esters is 1. The second-order valence-electron chi connectivity index (χ2n) is 4.35. The van der Waals surface area contributed by atoms with Gasteiger partial charge in [-0.25, -0.2) is 9.48 Å². The van der Waals surface area contributed by atoms with Crippen molar-refractivity contribution < 1.29 is 14.3 Å². The minimum atomic E-state index is -0.471. The molecule has 0 bridgehead atoms. The van der Waals surface area contributed by atoms with E-state index in [1.807, 2.05) is 30.3 Å². The fourth-order valence-corrected chi connectivity index (χ4v) is 2.07. The minimum Gasteiger partial charge on any atom is -0.462 e. The molecule has 0 unspecified atom stereocenters. The lowest BCUT2D eigenvalue weighted by molar-refractivity contribution is -0.116. The van der Waals surface area contributed by atoms with E-state index in [9.17, 15) is 9.59 Å². The Hall–Kier alpha value is -2.08. The maximum atomic E-state index is 12.0. The van der Waals surface area contributed by atoms with Crippen molar-refractivity contribution in [3.8, 4) is 5.69 Å². The molecule has 0 atom stereocenters. The summed E-state index contributed by atoms with van der Waals surface area (Å²) in [6, 6.07) is 9.33. The Labute approximate surface area is 128 Å². The number of carbonyl (C=O) groups is 2. The first-order chi connectivity index (χ1) is 10.2. The van der Waals surface area contributed by atoms with Crippen molar-refractivity contribution in [3.63, 3.8) is 0 Å². The number of hydrogen-bond donors (Lipinski definition) is 1. The van der Waals surface area contributed by atoms with E-state index in [1.54, 1.807) is 11.6 Å². The fourth-order valence-electron chi connectivity index (χ4n) is 1.96. The summed E-state index contributed by atoms with van der Waals surface area (Å²) in [6.45, 7) is 2.01. The van der Waals surface area contributed by atoms with Crippen molar-refractivity contribution >= 4 is 24.4 Å². The van der Waals surface area contributed by atoms with Gasteiger partial charge >= 0.3 is 5.97 Å². The number of ether oxygens (including phenoxy) is 1. The first-order valence-electron chi connectivity index (χ1n) is 6.59. The largest absolute Gasteiger partial charge is 0.462 e. The van der Waals surface area contributed by atoms with Crippen LogP contribution >= 0.6 is 12.6 Å². The normalized spacial score (nSPS) is 10.4. The molecular formula is C15H16N2O3S. The summed E-state index contributed by atoms with van der Waals surface area (Å²) >= 11 is 3.98. The van der Waals surface area contributed by atoms with Crippen molar-refractivity contribution in [3.05, 3.63) is 47.8 Å². The van der Waals surface area contributed by atoms with E-state index < -0.39 is 5.97 Å². The quantitative estimate of drug-likeness (QED) is 0.656. The molecule has 0 N–H and O–H groups in total. The van der Waals surface area contributed by atoms with Crippen molar-refractivity contribution in [1.82, 2.24) is 9.78 Å². The number of benzene rings is 1. The second kappa shape index (κ2) is 7.08. The van der Waals surface area contributed by atoms with Crippen LogP contribution in [0.1, 0.15) is 23.0 Å². The molecule has 1 aromatic heterocycles. The van der Waals surface area contributed by atoms with E-state index in [-0.39, 0.29) is 24.6 Å². The Kier molecular flexibility index (Phi) is 5.16. The third-order valence-corrected chi connectivity index (χ3v) is 3.26. The summed E-state index contributed by atoms with van der Waals surface area (Å²) in [6.07, 6.45) is 1.53. The first-order valence-corrected chi connectivity index (χ1v) is 7.22. The van der Waals surface area contributed by atoms with Gasteiger partial charge in [-0.3, -0.25) is 4.79 Å². The molecule has 0 fully saturated rings. The molecule has 6 heteroatoms. The molecule has 0 amide bonds. The van der Waals surface area contributed by atoms with Gasteiger partial charge < -0.3 is 4.74 Å². The zero-order valence-corrected chi connectivity index (χ0v) is 12.5. The fraction of sp³-hybridized carbons (Fsp3) is 0.267. The van der Waals surface area contributed by atoms with E-state index >= 15 is 0 Å². The molecule has 1 heterocycles. The molecule has 0 radical (unpaired) electrons. The van der Waals surface area contributed by atoms with Crippen LogP contribution in [0.4, 0.5) is 0 Å². The molecule has 0 spiro atoms. The highest BCUT2D eigenvalue weighted by Crippen LogP contribution is 2.17. The summed E-state index contributed by atoms with van der Waals surface area (Å²) in [5.74, 6) is -0.439. The smallest absolute Gasteiger partial charge is 0.341 e. The van der Waals surface area contributed by atoms with Gasteiger partial charge in [-0.2, -0.15) is 17.7 Å². The molecule has 21 heavy (non-hydrogen) atoms. The Morgan fingerprint density at radius 2 is 2.00 bits per heavy atom. The molecule has 0 aliphatic rings. The SMILES string of the molecule is CCOC(=O)c1cnn(-c2ccccc2)c1CC(=O)CS. The van der Waals surface area contributed by atoms with Crippen molar-refractivity contribution in [2.75, 3.05) is 12.4 Å². The Morgan fingerprint density at radius 1 is 1.29 bits per heavy atom. The summed E-state index contributed by atoms with van der Waals surface area (Å²) < 4.78 is 6.60. The standard InChI is InChI=1S/C15H16N2O3S/c1-2-20-15(19)13-9-16-17(11-6-4-3-5-7-11)14(13)8-12(18)10-21/h3-7,9,21H,2,8,10H2,1H3. The molecule has 2 rings (SSSR count). The summed E-state index contributed by atoms with van der Waals surface area (Å²) in [5, 5.41) is 4.22. The van der Waals surface area contributed by atoms with Crippen molar-refractivity contribution in [2.45, 2.75) is 13.3 Å². The number of carbonyl (C=O) groups excluding carboxylic acids is 2. The number of nitrogens with zero attached hydrogens (tertiary/aromatic N) is 2. The predicted molar refractivity (Wildman–Crippen MR) is 82.1 cm³/mol. The number of para-hydroxylation sites is 1. The van der Waals surface area contributed by atoms with Gasteiger partial charge in [-0.15, -0.1) is 0 Å². The van der Waals surface area contributed by atoms with E-state index in [1.165, 1.54) is 6.20 Å². The Balaban J connectivity index is 2.46. The molecule has 5 nitrogen and oxygen atoms in total. The monoisotopic (exact) mass is 304 g/mol. The maximum Gasteiger partial charge on any atom is 0.341 e. The van der Waals surface area contributed by atoms with E-state index in [4.69, 9.17) is 4.74 Å². The summed E-state index contributed by atoms with van der Waals surface area (Å²) in [7, 11) is 0. The molecule has 0 saturated heterocycles. The minimum absolute atomic E-state index is 0.0819. The lowest BCUT2D eigenvalue weighted by atomic mass is 10.1. The number of aromatic nitrogens is 2. The highest BCUT2D eigenvalue weighted by Gasteiger charge is 2.21. The van der Waals surface area contributed by atoms with Crippen LogP contribution in [0.25, 0.3) is 5.69 Å². The average molecular weight is 304 g/mol. The first kappa shape index (κ1) is 15.3. The van der Waals surface area contributed by atoms with Gasteiger partial charge in [0.25, 0.3) is 0 Å². The van der Waals surface area contributed by atoms with E-state index in [2.05, 4.69) is 17.7 Å². The van der Waals surface area contributed by atoms with Gasteiger partial charge in [0.15, 0.2) is 0 Å². The van der Waals surface area contributed by atoms with Crippen LogP contribution in [-0.4, -0.2) is 33.9 Å². The number of rotatable bonds is 6. The molecule has 0 saturated carbocycles. The van der Waals surface area contributed by atoms with Gasteiger partial charge in [0, 0.05) is 5.75 Å². The van der Waals surface area contributed by atoms with Crippen LogP contribution in [0, 0.1) is 0 Å². The molecule has 110 valence electrons. The highest BCUT2D eigenvalue weighted by molar-refractivity contribution is 7.81. The number of Topliss-reactive ketones (excluding diaryl/α,β-unsaturated/α-hetero) is 1. The zero-order valence-electron chi connectivity index (χ0n) is 11.7. The Bertz CT molecular complexity index is 638. The van der Waals surface area contributed by atoms with Crippen LogP contribution < -0.4 is 0 Å². The van der Waals surface area contributed by atoms with Gasteiger partial charge in [-0.05, 0) is 19.1 Å². The second-order valence-corrected chi connectivity index (χ2v) is 4.66. The predicted octanol–water partition coefficient (Wildman–Crippen LogP) is 2.09. The molecule has 0 aliphatic heterocycles. The Morgan fingerprint density at radius 3 is 2.62 bits per heavy atom. The maximum absolute atomic E-state index is 12.0. The van der Waals surface area contributed by atoms with Crippen molar-refractivity contribution in [2.24, 2.45) is 0 Å². The zero-order chi connectivity index (χ0) is 15.2. The van der Waals surface area contributed by atoms with E-state index in [0.29, 0.717) is 11.3 Å². The molecule has 2 aromatic rings. The molecular weight excluding hydrogens is 288 g/mol. The number of ketones is 1. The number of hydrogen-bond acceptors (Lipinski definition) is 5. The van der Waals surface area contributed by atoms with Crippen LogP contribution in [0.5, 0.6) is 0 Å². The van der Waals surface area contributed by atoms with Crippen LogP contribution in [0.3, 0.4) is 0 Å². The lowest BCUT2D eigenvalue weighted by Crippen LogP contribution is -2.14. The van der Waals surface area contributed by atoms with Crippen molar-refractivity contribution in [1.29, 1.82) is 0 Å². The van der Waals surface area contributed by atoms with Gasteiger partial charge in [-0.1, -0.05) is 18.2 Å². The lowest BCUT2D eigenvalue weighted by Gasteiger charge is -2.08. The third kappa shape index (κ3) is 3.52. The van der Waals surface area contributed by atoms with E-state index in [0.717, 1.165) is 5.69 Å². The summed E-state index contributed by atoms with van der Waals surface area (Å²) in [4.78, 5) is 23.7. The van der Waals surface area contributed by atoms with Gasteiger partial charge in [0.2, 0.25) is 0 Å². The molecule has 0 aliphatic carbocycles. The third-order valence-electron chi connectivity index (χ3n) is 2.91. The van der Waals surface area contributed by atoms with Crippen LogP contribution in [0.2, 0.25) is 0 Å². The van der Waals surface area contributed by atoms with Crippen LogP contribution in [0.15, 0.2) is 36.5 Å². The van der Waals surface area contributed by atoms with Gasteiger partial charge in [0.05, 0.1) is 30.6 Å². The molecule has 1 aromatic carbocycles. The average Bonchev–Trinajstić information content (AvgIpc) is 2.92. The highest BCUT2D eigenvalue weighted by atomic mass is 32.1. The number of thiol groups is 1. The van der Waals surface area contributed by atoms with Gasteiger partial charge in [0.1, 0.15) is 11.3 Å². The van der Waals surface area contributed by atoms with Crippen LogP contribution in [-0.2, 0) is 16.0 Å².